The summed E-state index contributed by atoms with van der Waals surface area (Å²) in [6, 6.07) is 12.8. The van der Waals surface area contributed by atoms with E-state index in [0.717, 1.165) is 10.9 Å². The molecular weight excluding hydrogens is 332 g/mol. The van der Waals surface area contributed by atoms with E-state index in [-0.39, 0.29) is 5.78 Å². The van der Waals surface area contributed by atoms with Gasteiger partial charge in [-0.25, -0.2) is 0 Å². The lowest BCUT2D eigenvalue weighted by molar-refractivity contribution is 0.101. The molecule has 3 nitrogen and oxygen atoms in total. The van der Waals surface area contributed by atoms with Crippen LogP contribution in [0.3, 0.4) is 0 Å². The van der Waals surface area contributed by atoms with E-state index in [9.17, 15) is 4.79 Å². The Morgan fingerprint density at radius 1 is 1.10 bits per heavy atom. The highest BCUT2D eigenvalue weighted by molar-refractivity contribution is 9.10. The van der Waals surface area contributed by atoms with E-state index >= 15 is 0 Å². The topological polar surface area (TPSA) is 35.5 Å². The molecule has 0 amide bonds. The summed E-state index contributed by atoms with van der Waals surface area (Å²) in [5.74, 6) is 2.03. The molecule has 21 heavy (non-hydrogen) atoms. The Morgan fingerprint density at radius 3 is 2.43 bits per heavy atom. The van der Waals surface area contributed by atoms with Crippen molar-refractivity contribution in [2.75, 3.05) is 6.61 Å². The van der Waals surface area contributed by atoms with Crippen LogP contribution in [0.25, 0.3) is 0 Å². The molecule has 0 saturated heterocycles. The van der Waals surface area contributed by atoms with E-state index in [1.165, 1.54) is 6.92 Å². The largest absolute Gasteiger partial charge is 0.490 e. The van der Waals surface area contributed by atoms with E-state index in [1.54, 1.807) is 18.2 Å². The number of para-hydroxylation sites is 2. The predicted octanol–water partition coefficient (Wildman–Crippen LogP) is 5.23. The van der Waals surface area contributed by atoms with Crippen molar-refractivity contribution in [3.05, 3.63) is 52.5 Å². The molecule has 110 valence electrons. The highest BCUT2D eigenvalue weighted by Gasteiger charge is 2.10. The van der Waals surface area contributed by atoms with Crippen LogP contribution in [0.4, 0.5) is 0 Å². The van der Waals surface area contributed by atoms with Crippen molar-refractivity contribution in [1.29, 1.82) is 0 Å². The van der Waals surface area contributed by atoms with Crippen molar-refractivity contribution >= 4 is 21.7 Å². The summed E-state index contributed by atoms with van der Waals surface area (Å²) in [5.41, 5.74) is 0.643. The van der Waals surface area contributed by atoms with Crippen molar-refractivity contribution < 1.29 is 14.3 Å². The third-order valence-corrected chi connectivity index (χ3v) is 3.49. The summed E-state index contributed by atoms with van der Waals surface area (Å²) in [5, 5.41) is 0. The molecular formula is C17H17BrO3. The second kappa shape index (κ2) is 7.27. The molecule has 0 spiro atoms. The molecule has 0 aliphatic heterocycles. The minimum atomic E-state index is 0.0222. The number of ether oxygens (including phenoxy) is 2. The van der Waals surface area contributed by atoms with Crippen molar-refractivity contribution in [2.24, 2.45) is 0 Å². The molecule has 0 aliphatic carbocycles. The molecule has 0 bridgehead atoms. The standard InChI is InChI=1S/C17H17BrO3/c1-3-10-20-16-6-4-5-7-17(16)21-15-9-8-13(12(2)19)11-14(15)18/h4-9,11H,3,10H2,1-2H3. The Morgan fingerprint density at radius 2 is 1.81 bits per heavy atom. The number of ketones is 1. The highest BCUT2D eigenvalue weighted by atomic mass is 79.9. The van der Waals surface area contributed by atoms with Gasteiger partial charge in [-0.1, -0.05) is 19.1 Å². The Hall–Kier alpha value is -1.81. The van der Waals surface area contributed by atoms with Gasteiger partial charge < -0.3 is 9.47 Å². The fourth-order valence-electron chi connectivity index (χ4n) is 1.79. The van der Waals surface area contributed by atoms with Gasteiger partial charge in [-0.15, -0.1) is 0 Å². The van der Waals surface area contributed by atoms with Crippen LogP contribution in [0.1, 0.15) is 30.6 Å². The third kappa shape index (κ3) is 4.08. The summed E-state index contributed by atoms with van der Waals surface area (Å²) in [6.07, 6.45) is 0.936. The van der Waals surface area contributed by atoms with Crippen molar-refractivity contribution in [3.8, 4) is 17.2 Å². The summed E-state index contributed by atoms with van der Waals surface area (Å²) in [6.45, 7) is 4.24. The minimum absolute atomic E-state index is 0.0222. The lowest BCUT2D eigenvalue weighted by atomic mass is 10.1. The molecule has 0 heterocycles. The van der Waals surface area contributed by atoms with Crippen molar-refractivity contribution in [3.63, 3.8) is 0 Å². The van der Waals surface area contributed by atoms with Gasteiger partial charge in [-0.2, -0.15) is 0 Å². The molecule has 2 aromatic carbocycles. The maximum absolute atomic E-state index is 11.4. The number of halogens is 1. The zero-order valence-corrected chi connectivity index (χ0v) is 13.6. The Kier molecular flexibility index (Phi) is 5.39. The van der Waals surface area contributed by atoms with Gasteiger partial charge in [0.2, 0.25) is 0 Å². The molecule has 0 saturated carbocycles. The minimum Gasteiger partial charge on any atom is -0.490 e. The zero-order valence-electron chi connectivity index (χ0n) is 12.1. The van der Waals surface area contributed by atoms with Crippen molar-refractivity contribution in [1.82, 2.24) is 0 Å². The van der Waals surface area contributed by atoms with Crippen molar-refractivity contribution in [2.45, 2.75) is 20.3 Å². The number of carbonyl (C=O) groups excluding carboxylic acids is 1. The average Bonchev–Trinajstić information content (AvgIpc) is 2.48. The first-order valence-corrected chi connectivity index (χ1v) is 7.61. The van der Waals surface area contributed by atoms with Crippen LogP contribution in [0.5, 0.6) is 17.2 Å². The van der Waals surface area contributed by atoms with Crippen LogP contribution in [0.15, 0.2) is 46.9 Å². The fourth-order valence-corrected chi connectivity index (χ4v) is 2.25. The molecule has 0 aliphatic rings. The average molecular weight is 349 g/mol. The Bertz CT molecular complexity index is 638. The van der Waals surface area contributed by atoms with Gasteiger partial charge in [0.15, 0.2) is 17.3 Å². The smallest absolute Gasteiger partial charge is 0.169 e. The van der Waals surface area contributed by atoms with Gasteiger partial charge in [0, 0.05) is 5.56 Å². The Balaban J connectivity index is 2.24. The van der Waals surface area contributed by atoms with Crippen LogP contribution in [0, 0.1) is 0 Å². The van der Waals surface area contributed by atoms with Gasteiger partial charge in [-0.05, 0) is 59.6 Å². The van der Waals surface area contributed by atoms with E-state index in [4.69, 9.17) is 9.47 Å². The lowest BCUT2D eigenvalue weighted by Gasteiger charge is -2.13. The fraction of sp³-hybridized carbons (Fsp3) is 0.235. The molecule has 0 radical (unpaired) electrons. The van der Waals surface area contributed by atoms with Crippen LogP contribution in [-0.2, 0) is 0 Å². The van der Waals surface area contributed by atoms with Crippen LogP contribution < -0.4 is 9.47 Å². The van der Waals surface area contributed by atoms with Crippen LogP contribution in [-0.4, -0.2) is 12.4 Å². The first kappa shape index (κ1) is 15.6. The number of benzene rings is 2. The number of rotatable bonds is 6. The zero-order chi connectivity index (χ0) is 15.2. The summed E-state index contributed by atoms with van der Waals surface area (Å²) in [4.78, 5) is 11.4. The van der Waals surface area contributed by atoms with Gasteiger partial charge in [0.05, 0.1) is 11.1 Å². The van der Waals surface area contributed by atoms with E-state index in [0.29, 0.717) is 29.4 Å². The van der Waals surface area contributed by atoms with E-state index < -0.39 is 0 Å². The molecule has 0 atom stereocenters. The van der Waals surface area contributed by atoms with Gasteiger partial charge in [0.25, 0.3) is 0 Å². The second-order valence-electron chi connectivity index (χ2n) is 4.60. The number of Topliss-reactive ketones (excluding diaryl/α,β-unsaturated/α-hetero) is 1. The molecule has 0 N–H and O–H groups in total. The Labute approximate surface area is 133 Å². The van der Waals surface area contributed by atoms with Gasteiger partial charge in [0.1, 0.15) is 5.75 Å². The maximum atomic E-state index is 11.4. The summed E-state index contributed by atoms with van der Waals surface area (Å²) >= 11 is 3.43. The third-order valence-electron chi connectivity index (χ3n) is 2.87. The predicted molar refractivity (Wildman–Crippen MR) is 86.4 cm³/mol. The monoisotopic (exact) mass is 348 g/mol. The summed E-state index contributed by atoms with van der Waals surface area (Å²) in [7, 11) is 0. The number of carbonyl (C=O) groups is 1. The molecule has 0 aromatic heterocycles. The molecule has 2 rings (SSSR count). The lowest BCUT2D eigenvalue weighted by Crippen LogP contribution is -1.98. The molecule has 0 unspecified atom stereocenters. The van der Waals surface area contributed by atoms with E-state index in [1.807, 2.05) is 24.3 Å². The van der Waals surface area contributed by atoms with Crippen LogP contribution in [0.2, 0.25) is 0 Å². The molecule has 4 heteroatoms. The normalized spacial score (nSPS) is 10.2. The first-order chi connectivity index (χ1) is 10.1. The second-order valence-corrected chi connectivity index (χ2v) is 5.45. The molecule has 2 aromatic rings. The molecule has 0 fully saturated rings. The summed E-state index contributed by atoms with van der Waals surface area (Å²) < 4.78 is 12.3. The maximum Gasteiger partial charge on any atom is 0.169 e. The first-order valence-electron chi connectivity index (χ1n) is 6.82. The number of hydrogen-bond acceptors (Lipinski definition) is 3. The highest BCUT2D eigenvalue weighted by Crippen LogP contribution is 2.35. The van der Waals surface area contributed by atoms with E-state index in [2.05, 4.69) is 22.9 Å². The van der Waals surface area contributed by atoms with Gasteiger partial charge >= 0.3 is 0 Å². The van der Waals surface area contributed by atoms with Crippen LogP contribution >= 0.6 is 15.9 Å². The quantitative estimate of drug-likeness (QED) is 0.670. The van der Waals surface area contributed by atoms with Gasteiger partial charge in [-0.3, -0.25) is 4.79 Å². The number of hydrogen-bond donors (Lipinski definition) is 0. The SMILES string of the molecule is CCCOc1ccccc1Oc1ccc(C(C)=O)cc1Br.